The number of rotatable bonds is 3. The number of halogens is 1. The van der Waals surface area contributed by atoms with Gasteiger partial charge in [-0.2, -0.15) is 0 Å². The maximum atomic E-state index is 5.42. The number of nitrogens with zero attached hydrogens (tertiary/aromatic N) is 2. The normalized spacial score (nSPS) is 9.18. The first-order chi connectivity index (χ1) is 4.83. The third-order valence-corrected chi connectivity index (χ3v) is 1.42. The number of hydrogen-bond donors (Lipinski definition) is 1. The summed E-state index contributed by atoms with van der Waals surface area (Å²) in [5, 5.41) is 0. The summed E-state index contributed by atoms with van der Waals surface area (Å²) < 4.78 is 2.01. The van der Waals surface area contributed by atoms with Gasteiger partial charge in [0.1, 0.15) is 5.82 Å². The highest BCUT2D eigenvalue weighted by atomic mass is 35.5. The van der Waals surface area contributed by atoms with Crippen LogP contribution in [0.5, 0.6) is 0 Å². The predicted molar refractivity (Wildman–Crippen MR) is 48.8 cm³/mol. The van der Waals surface area contributed by atoms with Crippen LogP contribution in [-0.4, -0.2) is 9.55 Å². The molecule has 0 aromatic carbocycles. The van der Waals surface area contributed by atoms with Crippen LogP contribution in [0.25, 0.3) is 0 Å². The highest BCUT2D eigenvalue weighted by molar-refractivity contribution is 5.85. The number of unbranched alkanes of at least 4 members (excludes halogenated alkanes) is 1. The fraction of sp³-hybridized carbons (Fsp3) is 0.571. The summed E-state index contributed by atoms with van der Waals surface area (Å²) in [6.45, 7) is 3.20. The standard InChI is InChI=1S/C7H13N3.ClH/c1-2-3-4-10-5-7(8)9-6-10;/h5-6H,2-4,8H2,1H3;1H. The van der Waals surface area contributed by atoms with Crippen molar-refractivity contribution in [1.82, 2.24) is 9.55 Å². The summed E-state index contributed by atoms with van der Waals surface area (Å²) in [4.78, 5) is 3.91. The van der Waals surface area contributed by atoms with Gasteiger partial charge >= 0.3 is 0 Å². The first kappa shape index (κ1) is 10.3. The highest BCUT2D eigenvalue weighted by Crippen LogP contribution is 1.98. The Balaban J connectivity index is 0.000001000. The molecule has 1 heterocycles. The Morgan fingerprint density at radius 1 is 1.64 bits per heavy atom. The molecule has 0 saturated heterocycles. The predicted octanol–water partition coefficient (Wildman–Crippen LogP) is 1.69. The molecule has 2 N–H and O–H groups in total. The minimum Gasteiger partial charge on any atom is -0.382 e. The number of nitrogens with two attached hydrogens (primary N) is 1. The monoisotopic (exact) mass is 175 g/mol. The van der Waals surface area contributed by atoms with E-state index in [1.807, 2.05) is 10.8 Å². The fourth-order valence-corrected chi connectivity index (χ4v) is 0.840. The molecular weight excluding hydrogens is 162 g/mol. The molecular formula is C7H14ClN3. The molecule has 0 radical (unpaired) electrons. The quantitative estimate of drug-likeness (QED) is 0.760. The Morgan fingerprint density at radius 2 is 2.36 bits per heavy atom. The van der Waals surface area contributed by atoms with Crippen LogP contribution in [0.3, 0.4) is 0 Å². The van der Waals surface area contributed by atoms with Crippen molar-refractivity contribution >= 4 is 18.2 Å². The molecule has 3 nitrogen and oxygen atoms in total. The lowest BCUT2D eigenvalue weighted by Gasteiger charge is -1.96. The topological polar surface area (TPSA) is 43.8 Å². The Morgan fingerprint density at radius 3 is 2.82 bits per heavy atom. The van der Waals surface area contributed by atoms with Crippen LogP contribution in [0, 0.1) is 0 Å². The number of imidazole rings is 1. The van der Waals surface area contributed by atoms with Gasteiger partial charge in [0.05, 0.1) is 6.33 Å². The zero-order valence-electron chi connectivity index (χ0n) is 6.66. The molecule has 0 aliphatic rings. The molecule has 0 fully saturated rings. The smallest absolute Gasteiger partial charge is 0.141 e. The van der Waals surface area contributed by atoms with Crippen LogP contribution in [0.15, 0.2) is 12.5 Å². The summed E-state index contributed by atoms with van der Waals surface area (Å²) >= 11 is 0. The summed E-state index contributed by atoms with van der Waals surface area (Å²) in [7, 11) is 0. The lowest BCUT2D eigenvalue weighted by molar-refractivity contribution is 0.631. The van der Waals surface area contributed by atoms with Gasteiger partial charge in [0, 0.05) is 12.7 Å². The lowest BCUT2D eigenvalue weighted by atomic mass is 10.3. The molecule has 0 atom stereocenters. The fourth-order valence-electron chi connectivity index (χ4n) is 0.840. The van der Waals surface area contributed by atoms with Gasteiger partial charge in [-0.15, -0.1) is 12.4 Å². The number of hydrogen-bond acceptors (Lipinski definition) is 2. The van der Waals surface area contributed by atoms with E-state index in [1.54, 1.807) is 6.33 Å². The van der Waals surface area contributed by atoms with Crippen molar-refractivity contribution in [3.05, 3.63) is 12.5 Å². The molecule has 0 spiro atoms. The second kappa shape index (κ2) is 5.02. The average Bonchev–Trinajstić information content (AvgIpc) is 2.31. The van der Waals surface area contributed by atoms with Crippen LogP contribution in [0.1, 0.15) is 19.8 Å². The van der Waals surface area contributed by atoms with Crippen LogP contribution < -0.4 is 5.73 Å². The van der Waals surface area contributed by atoms with Crippen molar-refractivity contribution < 1.29 is 0 Å². The second-order valence-electron chi connectivity index (χ2n) is 2.39. The molecule has 0 saturated carbocycles. The number of aromatic nitrogens is 2. The maximum Gasteiger partial charge on any atom is 0.141 e. The van der Waals surface area contributed by atoms with Crippen LogP contribution in [-0.2, 0) is 6.54 Å². The van der Waals surface area contributed by atoms with Gasteiger partial charge in [-0.1, -0.05) is 13.3 Å². The summed E-state index contributed by atoms with van der Waals surface area (Å²) in [6, 6.07) is 0. The Bertz CT molecular complexity index is 197. The van der Waals surface area contributed by atoms with Crippen LogP contribution in [0.2, 0.25) is 0 Å². The largest absolute Gasteiger partial charge is 0.382 e. The maximum absolute atomic E-state index is 5.42. The molecule has 64 valence electrons. The van der Waals surface area contributed by atoms with E-state index in [0.717, 1.165) is 6.54 Å². The summed E-state index contributed by atoms with van der Waals surface area (Å²) in [5.41, 5.74) is 5.42. The minimum absolute atomic E-state index is 0. The van der Waals surface area contributed by atoms with Gasteiger partial charge in [0.15, 0.2) is 0 Å². The Labute approximate surface area is 73.0 Å². The third-order valence-electron chi connectivity index (χ3n) is 1.42. The van der Waals surface area contributed by atoms with Crippen LogP contribution >= 0.6 is 12.4 Å². The first-order valence-corrected chi connectivity index (χ1v) is 3.60. The van der Waals surface area contributed by atoms with Gasteiger partial charge in [0.2, 0.25) is 0 Å². The van der Waals surface area contributed by atoms with E-state index in [2.05, 4.69) is 11.9 Å². The molecule has 1 rings (SSSR count). The van der Waals surface area contributed by atoms with E-state index in [4.69, 9.17) is 5.73 Å². The third kappa shape index (κ3) is 3.28. The van der Waals surface area contributed by atoms with Crippen molar-refractivity contribution in [2.75, 3.05) is 5.73 Å². The number of nitrogen functional groups attached to an aromatic ring is 1. The van der Waals surface area contributed by atoms with Gasteiger partial charge in [-0.05, 0) is 6.42 Å². The van der Waals surface area contributed by atoms with E-state index in [1.165, 1.54) is 12.8 Å². The highest BCUT2D eigenvalue weighted by Gasteiger charge is 1.90. The Hall–Kier alpha value is -0.700. The molecule has 0 unspecified atom stereocenters. The second-order valence-corrected chi connectivity index (χ2v) is 2.39. The van der Waals surface area contributed by atoms with Crippen molar-refractivity contribution in [2.45, 2.75) is 26.3 Å². The molecule has 1 aromatic rings. The van der Waals surface area contributed by atoms with Crippen molar-refractivity contribution in [2.24, 2.45) is 0 Å². The summed E-state index contributed by atoms with van der Waals surface area (Å²) in [5.74, 6) is 0.608. The van der Waals surface area contributed by atoms with E-state index < -0.39 is 0 Å². The van der Waals surface area contributed by atoms with Crippen molar-refractivity contribution in [1.29, 1.82) is 0 Å². The SMILES string of the molecule is CCCCn1cnc(N)c1.Cl. The van der Waals surface area contributed by atoms with Crippen molar-refractivity contribution in [3.63, 3.8) is 0 Å². The van der Waals surface area contributed by atoms with Crippen molar-refractivity contribution in [3.8, 4) is 0 Å². The van der Waals surface area contributed by atoms with E-state index in [0.29, 0.717) is 5.82 Å². The average molecular weight is 176 g/mol. The minimum atomic E-state index is 0. The first-order valence-electron chi connectivity index (χ1n) is 3.60. The summed E-state index contributed by atoms with van der Waals surface area (Å²) in [6.07, 6.45) is 6.02. The van der Waals surface area contributed by atoms with Gasteiger partial charge < -0.3 is 10.3 Å². The molecule has 0 amide bonds. The van der Waals surface area contributed by atoms with E-state index in [-0.39, 0.29) is 12.4 Å². The molecule has 0 bridgehead atoms. The molecule has 4 heteroatoms. The van der Waals surface area contributed by atoms with E-state index >= 15 is 0 Å². The van der Waals surface area contributed by atoms with Gasteiger partial charge in [-0.25, -0.2) is 4.98 Å². The molecule has 0 aliphatic carbocycles. The number of anilines is 1. The zero-order valence-corrected chi connectivity index (χ0v) is 7.47. The molecule has 1 aromatic heterocycles. The van der Waals surface area contributed by atoms with Crippen LogP contribution in [0.4, 0.5) is 5.82 Å². The van der Waals surface area contributed by atoms with Gasteiger partial charge in [-0.3, -0.25) is 0 Å². The van der Waals surface area contributed by atoms with E-state index in [9.17, 15) is 0 Å². The number of aryl methyl sites for hydroxylation is 1. The Kier molecular flexibility index (Phi) is 4.70. The molecule has 0 aliphatic heterocycles. The zero-order chi connectivity index (χ0) is 7.40. The lowest BCUT2D eigenvalue weighted by Crippen LogP contribution is -1.92. The molecule has 11 heavy (non-hydrogen) atoms. The van der Waals surface area contributed by atoms with Gasteiger partial charge in [0.25, 0.3) is 0 Å².